The van der Waals surface area contributed by atoms with Crippen LogP contribution >= 0.6 is 11.8 Å². The molecule has 20 heavy (non-hydrogen) atoms. The van der Waals surface area contributed by atoms with Crippen LogP contribution in [0.2, 0.25) is 0 Å². The third-order valence-corrected chi connectivity index (χ3v) is 3.37. The van der Waals surface area contributed by atoms with Crippen LogP contribution in [0.5, 0.6) is 5.75 Å². The van der Waals surface area contributed by atoms with E-state index in [0.717, 1.165) is 11.5 Å². The molecule has 1 rings (SSSR count). The van der Waals surface area contributed by atoms with Crippen LogP contribution in [0.4, 0.5) is 0 Å². The molecule has 0 aliphatic heterocycles. The van der Waals surface area contributed by atoms with Gasteiger partial charge in [0.2, 0.25) is 0 Å². The van der Waals surface area contributed by atoms with Crippen molar-refractivity contribution in [1.29, 1.82) is 0 Å². The first-order chi connectivity index (χ1) is 9.65. The predicted octanol–water partition coefficient (Wildman–Crippen LogP) is 2.57. The van der Waals surface area contributed by atoms with Gasteiger partial charge in [-0.3, -0.25) is 9.59 Å². The SMILES string of the molecule is CSCCC(C(C)=O)C(=O)OCCOc1ccccc1. The Labute approximate surface area is 123 Å². The number of Topliss-reactive ketones (excluding diaryl/α,β-unsaturated/α-hetero) is 1. The molecule has 5 heteroatoms. The van der Waals surface area contributed by atoms with E-state index in [1.165, 1.54) is 6.92 Å². The van der Waals surface area contributed by atoms with E-state index in [1.807, 2.05) is 36.6 Å². The van der Waals surface area contributed by atoms with Crippen molar-refractivity contribution in [2.24, 2.45) is 5.92 Å². The summed E-state index contributed by atoms with van der Waals surface area (Å²) in [5.41, 5.74) is 0. The molecule has 0 fully saturated rings. The summed E-state index contributed by atoms with van der Waals surface area (Å²) in [5.74, 6) is 0.240. The zero-order valence-corrected chi connectivity index (χ0v) is 12.7. The van der Waals surface area contributed by atoms with E-state index < -0.39 is 11.9 Å². The quantitative estimate of drug-likeness (QED) is 0.398. The zero-order chi connectivity index (χ0) is 14.8. The highest BCUT2D eigenvalue weighted by Gasteiger charge is 2.24. The molecule has 0 aliphatic carbocycles. The molecule has 1 aromatic rings. The van der Waals surface area contributed by atoms with Crippen molar-refractivity contribution in [1.82, 2.24) is 0 Å². The molecular formula is C15H20O4S. The van der Waals surface area contributed by atoms with Crippen LogP contribution in [-0.2, 0) is 14.3 Å². The summed E-state index contributed by atoms with van der Waals surface area (Å²) in [4.78, 5) is 23.2. The number of ketones is 1. The van der Waals surface area contributed by atoms with Crippen LogP contribution in [-0.4, -0.2) is 37.0 Å². The van der Waals surface area contributed by atoms with Gasteiger partial charge in [-0.15, -0.1) is 0 Å². The van der Waals surface area contributed by atoms with Crippen LogP contribution in [0.1, 0.15) is 13.3 Å². The largest absolute Gasteiger partial charge is 0.490 e. The summed E-state index contributed by atoms with van der Waals surface area (Å²) < 4.78 is 10.5. The summed E-state index contributed by atoms with van der Waals surface area (Å²) in [7, 11) is 0. The van der Waals surface area contributed by atoms with E-state index in [9.17, 15) is 9.59 Å². The van der Waals surface area contributed by atoms with E-state index in [0.29, 0.717) is 6.42 Å². The van der Waals surface area contributed by atoms with E-state index in [-0.39, 0.29) is 19.0 Å². The lowest BCUT2D eigenvalue weighted by Gasteiger charge is -2.13. The van der Waals surface area contributed by atoms with Gasteiger partial charge in [0.15, 0.2) is 0 Å². The molecule has 0 heterocycles. The number of carbonyl (C=O) groups excluding carboxylic acids is 2. The van der Waals surface area contributed by atoms with Gasteiger partial charge >= 0.3 is 5.97 Å². The van der Waals surface area contributed by atoms with Crippen LogP contribution in [0.3, 0.4) is 0 Å². The van der Waals surface area contributed by atoms with Crippen molar-refractivity contribution in [3.63, 3.8) is 0 Å². The minimum absolute atomic E-state index is 0.145. The molecule has 0 aromatic heterocycles. The maximum absolute atomic E-state index is 11.8. The van der Waals surface area contributed by atoms with Crippen LogP contribution in [0.15, 0.2) is 30.3 Å². The average Bonchev–Trinajstić information content (AvgIpc) is 2.45. The highest BCUT2D eigenvalue weighted by atomic mass is 32.2. The van der Waals surface area contributed by atoms with Crippen molar-refractivity contribution in [3.8, 4) is 5.75 Å². The maximum Gasteiger partial charge on any atom is 0.316 e. The third-order valence-electron chi connectivity index (χ3n) is 2.73. The first kappa shape index (κ1) is 16.6. The molecular weight excluding hydrogens is 276 g/mol. The lowest BCUT2D eigenvalue weighted by molar-refractivity contribution is -0.152. The number of hydrogen-bond donors (Lipinski definition) is 0. The van der Waals surface area contributed by atoms with Gasteiger partial charge in [0.1, 0.15) is 30.7 Å². The predicted molar refractivity (Wildman–Crippen MR) is 80.1 cm³/mol. The smallest absolute Gasteiger partial charge is 0.316 e. The lowest BCUT2D eigenvalue weighted by Crippen LogP contribution is -2.26. The van der Waals surface area contributed by atoms with E-state index in [4.69, 9.17) is 9.47 Å². The molecule has 110 valence electrons. The molecule has 0 bridgehead atoms. The second-order valence-corrected chi connectivity index (χ2v) is 5.26. The fourth-order valence-electron chi connectivity index (χ4n) is 1.64. The highest BCUT2D eigenvalue weighted by Crippen LogP contribution is 2.12. The minimum Gasteiger partial charge on any atom is -0.490 e. The number of carbonyl (C=O) groups is 2. The Morgan fingerprint density at radius 2 is 1.90 bits per heavy atom. The van der Waals surface area contributed by atoms with Crippen LogP contribution < -0.4 is 4.74 Å². The van der Waals surface area contributed by atoms with Crippen molar-refractivity contribution >= 4 is 23.5 Å². The highest BCUT2D eigenvalue weighted by molar-refractivity contribution is 7.98. The molecule has 0 spiro atoms. The van der Waals surface area contributed by atoms with Crippen molar-refractivity contribution in [2.75, 3.05) is 25.2 Å². The topological polar surface area (TPSA) is 52.6 Å². The van der Waals surface area contributed by atoms with Gasteiger partial charge in [-0.1, -0.05) is 18.2 Å². The number of thioether (sulfide) groups is 1. The van der Waals surface area contributed by atoms with E-state index in [1.54, 1.807) is 11.8 Å². The molecule has 0 saturated carbocycles. The number of benzene rings is 1. The molecule has 1 aromatic carbocycles. The fourth-order valence-corrected chi connectivity index (χ4v) is 2.11. The first-order valence-corrected chi connectivity index (χ1v) is 7.88. The van der Waals surface area contributed by atoms with Gasteiger partial charge in [0.25, 0.3) is 0 Å². The Morgan fingerprint density at radius 3 is 2.50 bits per heavy atom. The van der Waals surface area contributed by atoms with Crippen LogP contribution in [0.25, 0.3) is 0 Å². The lowest BCUT2D eigenvalue weighted by atomic mass is 10.0. The zero-order valence-electron chi connectivity index (χ0n) is 11.8. The second kappa shape index (κ2) is 9.42. The van der Waals surface area contributed by atoms with Gasteiger partial charge in [-0.25, -0.2) is 0 Å². The monoisotopic (exact) mass is 296 g/mol. The molecule has 1 unspecified atom stereocenters. The summed E-state index contributed by atoms with van der Waals surface area (Å²) >= 11 is 1.61. The molecule has 0 aliphatic rings. The Balaban J connectivity index is 2.28. The molecule has 1 atom stereocenters. The van der Waals surface area contributed by atoms with Crippen molar-refractivity contribution in [2.45, 2.75) is 13.3 Å². The number of para-hydroxylation sites is 1. The van der Waals surface area contributed by atoms with Gasteiger partial charge in [-0.05, 0) is 37.5 Å². The summed E-state index contributed by atoms with van der Waals surface area (Å²) in [6.45, 7) is 1.85. The average molecular weight is 296 g/mol. The normalized spacial score (nSPS) is 11.7. The number of hydrogen-bond acceptors (Lipinski definition) is 5. The third kappa shape index (κ3) is 6.10. The first-order valence-electron chi connectivity index (χ1n) is 6.49. The second-order valence-electron chi connectivity index (χ2n) is 4.27. The summed E-state index contributed by atoms with van der Waals surface area (Å²) in [6.07, 6.45) is 2.46. The standard InChI is InChI=1S/C15H20O4S/c1-12(16)14(8-11-20-2)15(17)19-10-9-18-13-6-4-3-5-7-13/h3-7,14H,8-11H2,1-2H3. The fraction of sp³-hybridized carbons (Fsp3) is 0.467. The summed E-state index contributed by atoms with van der Waals surface area (Å²) in [5, 5.41) is 0. The van der Waals surface area contributed by atoms with Crippen molar-refractivity contribution < 1.29 is 19.1 Å². The Morgan fingerprint density at radius 1 is 1.20 bits per heavy atom. The molecule has 4 nitrogen and oxygen atoms in total. The molecule has 0 radical (unpaired) electrons. The molecule has 0 amide bonds. The number of ether oxygens (including phenoxy) is 2. The Bertz CT molecular complexity index is 419. The van der Waals surface area contributed by atoms with E-state index in [2.05, 4.69) is 0 Å². The molecule has 0 saturated heterocycles. The minimum atomic E-state index is -0.654. The Kier molecular flexibility index (Phi) is 7.80. The number of rotatable bonds is 9. The van der Waals surface area contributed by atoms with Gasteiger partial charge in [0.05, 0.1) is 0 Å². The maximum atomic E-state index is 11.8. The van der Waals surface area contributed by atoms with E-state index >= 15 is 0 Å². The number of esters is 1. The van der Waals surface area contributed by atoms with Gasteiger partial charge in [0, 0.05) is 0 Å². The van der Waals surface area contributed by atoms with Crippen molar-refractivity contribution in [3.05, 3.63) is 30.3 Å². The van der Waals surface area contributed by atoms with Gasteiger partial charge in [-0.2, -0.15) is 11.8 Å². The molecule has 0 N–H and O–H groups in total. The summed E-state index contributed by atoms with van der Waals surface area (Å²) in [6, 6.07) is 9.30. The van der Waals surface area contributed by atoms with Gasteiger partial charge < -0.3 is 9.47 Å². The van der Waals surface area contributed by atoms with Crippen LogP contribution in [0, 0.1) is 5.92 Å². The Hall–Kier alpha value is -1.49.